The third kappa shape index (κ3) is 25.5. The van der Waals surface area contributed by atoms with Gasteiger partial charge in [-0.05, 0) is 0 Å². The molecule has 33 heavy (non-hydrogen) atoms. The number of carbonyl (C=O) groups is 6. The molecule has 188 valence electrons. The predicted octanol–water partition coefficient (Wildman–Crippen LogP) is -7.84. The number of hydrogen-bond donors (Lipinski definition) is 6. The Balaban J connectivity index is -0.000000125. The van der Waals surface area contributed by atoms with Gasteiger partial charge in [-0.1, -0.05) is 0 Å². The molecule has 0 aliphatic carbocycles. The molecule has 0 amide bonds. The largest absolute Gasteiger partial charge is 4.00 e. The maximum atomic E-state index is 10.3. The summed E-state index contributed by atoms with van der Waals surface area (Å²) in [5.41, 5.74) is -5.71. The second-order valence-electron chi connectivity index (χ2n) is 5.30. The van der Waals surface area contributed by atoms with Crippen LogP contribution < -0.4 is 21.5 Å². The summed E-state index contributed by atoms with van der Waals surface area (Å²) in [7, 11) is -5.17. The molecule has 0 spiro atoms. The smallest absolute Gasteiger partial charge is 0.759 e. The van der Waals surface area contributed by atoms with Crippen LogP contribution in [0.3, 0.4) is 0 Å². The molecular weight excluding hydrogens is 597 g/mol. The van der Waals surface area contributed by atoms with E-state index in [4.69, 9.17) is 43.1 Å². The summed E-state index contributed by atoms with van der Waals surface area (Å²) in [6.07, 6.45) is -5.00. The third-order valence-corrected chi connectivity index (χ3v) is 2.54. The van der Waals surface area contributed by atoms with Crippen molar-refractivity contribution in [1.82, 2.24) is 6.15 Å². The summed E-state index contributed by atoms with van der Waals surface area (Å²) in [6.45, 7) is 0. The van der Waals surface area contributed by atoms with Crippen LogP contribution in [0.2, 0.25) is 0 Å². The molecule has 0 radical (unpaired) electrons. The van der Waals surface area contributed by atoms with Gasteiger partial charge in [0.2, 0.25) is 0 Å². The minimum atomic E-state index is -5.17. The molecule has 19 nitrogen and oxygen atoms in total. The second-order valence-corrected chi connectivity index (χ2v) is 6.12. The summed E-state index contributed by atoms with van der Waals surface area (Å²) in [4.78, 5) is 60.5. The summed E-state index contributed by atoms with van der Waals surface area (Å²) < 4.78 is 34.1. The Morgan fingerprint density at radius 1 is 0.667 bits per heavy atom. The van der Waals surface area contributed by atoms with E-state index in [1.54, 1.807) is 0 Å². The van der Waals surface area contributed by atoms with Gasteiger partial charge >= 0.3 is 41.8 Å². The van der Waals surface area contributed by atoms with E-state index in [0.29, 0.717) is 0 Å². The zero-order valence-corrected chi connectivity index (χ0v) is 20.0. The normalized spacial score (nSPS) is 10.3. The van der Waals surface area contributed by atoms with E-state index in [9.17, 15) is 44.1 Å². The summed E-state index contributed by atoms with van der Waals surface area (Å²) in [6, 6.07) is 0. The standard InChI is InChI=1S/2C6H8O7.H3N.H2O4S.Sn/c2*7-3(8)1-6(13,5(11)12)2-4(9)10;;1-5(2,3)4;/h2*13H,1-2H2,(H,7,8)(H,9,10)(H,11,12);1H3;(H2,1,2,3,4);/q;;;;+4/p-4. The maximum Gasteiger partial charge on any atom is 4.00 e. The molecule has 0 aromatic rings. The molecule has 0 saturated heterocycles. The van der Waals surface area contributed by atoms with E-state index >= 15 is 0 Å². The van der Waals surface area contributed by atoms with Crippen LogP contribution >= 0.6 is 0 Å². The molecule has 0 aliphatic heterocycles. The van der Waals surface area contributed by atoms with Crippen LogP contribution in [0.25, 0.3) is 0 Å². The fourth-order valence-electron chi connectivity index (χ4n) is 1.40. The van der Waals surface area contributed by atoms with Gasteiger partial charge in [-0.3, -0.25) is 18.0 Å². The first kappa shape index (κ1) is 40.7. The molecule has 0 aliphatic rings. The van der Waals surface area contributed by atoms with Crippen molar-refractivity contribution in [2.45, 2.75) is 36.9 Å². The molecule has 0 fully saturated rings. The van der Waals surface area contributed by atoms with Crippen LogP contribution in [0.4, 0.5) is 0 Å². The number of hydrogen-bond acceptors (Lipinski definition) is 15. The number of carbonyl (C=O) groups excluding carboxylic acids is 3. The topological polar surface area (TPSA) is 390 Å². The summed E-state index contributed by atoms with van der Waals surface area (Å²) in [5, 5.41) is 72.7. The number of rotatable bonds is 10. The first-order valence-corrected chi connectivity index (χ1v) is 8.28. The van der Waals surface area contributed by atoms with Crippen molar-refractivity contribution in [3.05, 3.63) is 0 Å². The molecule has 21 heteroatoms. The van der Waals surface area contributed by atoms with Gasteiger partial charge in [0.25, 0.3) is 0 Å². The molecule has 0 aromatic carbocycles. The molecular formula is C12H17NO18SSn. The number of aliphatic hydroxyl groups is 2. The van der Waals surface area contributed by atoms with Gasteiger partial charge in [-0.25, -0.2) is 4.79 Å². The van der Waals surface area contributed by atoms with Crippen LogP contribution in [-0.4, -0.2) is 114 Å². The Bertz CT molecular complexity index is 715. The minimum Gasteiger partial charge on any atom is -0.759 e. The van der Waals surface area contributed by atoms with Crippen molar-refractivity contribution in [3.63, 3.8) is 0 Å². The monoisotopic (exact) mass is 615 g/mol. The molecule has 0 heterocycles. The van der Waals surface area contributed by atoms with Crippen LogP contribution in [0.1, 0.15) is 25.7 Å². The van der Waals surface area contributed by atoms with Crippen molar-refractivity contribution < 1.29 is 87.1 Å². The molecule has 0 aromatic heterocycles. The molecule has 0 saturated carbocycles. The van der Waals surface area contributed by atoms with Crippen molar-refractivity contribution >= 4 is 70.1 Å². The van der Waals surface area contributed by atoms with Crippen LogP contribution in [0, 0.1) is 0 Å². The Labute approximate surface area is 200 Å². The number of carboxylic acids is 6. The average molecular weight is 614 g/mol. The van der Waals surface area contributed by atoms with E-state index < -0.39 is 83.1 Å². The quantitative estimate of drug-likeness (QED) is 0.0755. The van der Waals surface area contributed by atoms with Crippen LogP contribution in [-0.2, 0) is 39.2 Å². The Morgan fingerprint density at radius 2 is 0.909 bits per heavy atom. The predicted molar refractivity (Wildman–Crippen MR) is 88.5 cm³/mol. The first-order valence-electron chi connectivity index (χ1n) is 6.95. The van der Waals surface area contributed by atoms with E-state index in [1.807, 2.05) is 0 Å². The summed E-state index contributed by atoms with van der Waals surface area (Å²) >= 11 is 0. The van der Waals surface area contributed by atoms with Gasteiger partial charge in [0.15, 0.2) is 5.60 Å². The zero-order chi connectivity index (χ0) is 25.8. The van der Waals surface area contributed by atoms with Crippen molar-refractivity contribution in [2.75, 3.05) is 0 Å². The summed E-state index contributed by atoms with van der Waals surface area (Å²) in [5.74, 6) is -11.0. The van der Waals surface area contributed by atoms with Crippen LogP contribution in [0.15, 0.2) is 0 Å². The van der Waals surface area contributed by atoms with Crippen molar-refractivity contribution in [3.8, 4) is 0 Å². The van der Waals surface area contributed by atoms with Gasteiger partial charge in [0.05, 0.1) is 18.8 Å². The fourth-order valence-corrected chi connectivity index (χ4v) is 1.40. The zero-order valence-electron chi connectivity index (χ0n) is 16.3. The fraction of sp³-hybridized carbons (Fsp3) is 0.500. The van der Waals surface area contributed by atoms with Crippen molar-refractivity contribution in [2.24, 2.45) is 0 Å². The molecule has 0 unspecified atom stereocenters. The maximum absolute atomic E-state index is 10.3. The minimum absolute atomic E-state index is 0. The average Bonchev–Trinajstić information content (AvgIpc) is 2.41. The number of quaternary nitrogens is 1. The Morgan fingerprint density at radius 3 is 1.03 bits per heavy atom. The molecule has 0 atom stereocenters. The molecule has 0 rings (SSSR count). The van der Waals surface area contributed by atoms with E-state index in [-0.39, 0.29) is 30.1 Å². The number of aliphatic carboxylic acids is 6. The van der Waals surface area contributed by atoms with E-state index in [0.717, 1.165) is 0 Å². The van der Waals surface area contributed by atoms with E-state index in [2.05, 4.69) is 0 Å². The van der Waals surface area contributed by atoms with Gasteiger partial charge in [-0.15, -0.1) is 0 Å². The molecule has 9 N–H and O–H groups in total. The third-order valence-electron chi connectivity index (χ3n) is 2.54. The van der Waals surface area contributed by atoms with E-state index in [1.165, 1.54) is 0 Å². The van der Waals surface area contributed by atoms with Gasteiger partial charge < -0.3 is 70.5 Å². The molecule has 0 bridgehead atoms. The van der Waals surface area contributed by atoms with Gasteiger partial charge in [0, 0.05) is 35.2 Å². The second kappa shape index (κ2) is 16.9. The van der Waals surface area contributed by atoms with Crippen molar-refractivity contribution in [1.29, 1.82) is 0 Å². The Hall–Kier alpha value is -2.63. The van der Waals surface area contributed by atoms with Crippen LogP contribution in [0.5, 0.6) is 0 Å². The first-order chi connectivity index (χ1) is 13.6. The Kier molecular flexibility index (Phi) is 20.9. The van der Waals surface area contributed by atoms with Gasteiger partial charge in [-0.2, -0.15) is 0 Å². The SMILES string of the molecule is O=C(O)CC(O)(CC(=O)O)C(=O)O.O=C([O-])CC(O)(CC(=O)[O-])C(=O)[O-].O=S(=O)([O-])[O-].[NH4+].[Sn+4]. The van der Waals surface area contributed by atoms with Gasteiger partial charge in [0.1, 0.15) is 5.60 Å². The number of carboxylic acid groups (broad SMARTS) is 6.